The predicted molar refractivity (Wildman–Crippen MR) is 101 cm³/mol. The van der Waals surface area contributed by atoms with Gasteiger partial charge in [-0.2, -0.15) is 11.8 Å². The molecule has 1 rings (SSSR count). The minimum atomic E-state index is 0.198. The first-order chi connectivity index (χ1) is 11.0. The first-order valence-corrected chi connectivity index (χ1v) is 10.0. The smallest absolute Gasteiger partial charge is 0.224 e. The van der Waals surface area contributed by atoms with Crippen LogP contribution in [0.3, 0.4) is 0 Å². The third-order valence-corrected chi connectivity index (χ3v) is 5.71. The van der Waals surface area contributed by atoms with Gasteiger partial charge in [0.15, 0.2) is 5.96 Å². The van der Waals surface area contributed by atoms with Gasteiger partial charge in [0.1, 0.15) is 0 Å². The summed E-state index contributed by atoms with van der Waals surface area (Å²) in [6, 6.07) is 0. The molecule has 0 aromatic heterocycles. The van der Waals surface area contributed by atoms with Crippen molar-refractivity contribution in [3.8, 4) is 0 Å². The number of hydrogen-bond donors (Lipinski definition) is 1. The van der Waals surface area contributed by atoms with E-state index in [9.17, 15) is 4.79 Å². The molecule has 1 atom stereocenters. The van der Waals surface area contributed by atoms with E-state index >= 15 is 0 Å². The van der Waals surface area contributed by atoms with E-state index in [1.165, 1.54) is 0 Å². The summed E-state index contributed by atoms with van der Waals surface area (Å²) in [6.07, 6.45) is 0.493. The first kappa shape index (κ1) is 20.1. The molecule has 0 aromatic rings. The van der Waals surface area contributed by atoms with Gasteiger partial charge in [0.25, 0.3) is 0 Å². The topological polar surface area (TPSA) is 47.9 Å². The number of rotatable bonds is 7. The lowest BCUT2D eigenvalue weighted by Gasteiger charge is -2.36. The van der Waals surface area contributed by atoms with Gasteiger partial charge in [0, 0.05) is 50.1 Å². The van der Waals surface area contributed by atoms with E-state index in [1.807, 2.05) is 18.7 Å². The Labute approximate surface area is 146 Å². The normalized spacial score (nSPS) is 19.1. The second-order valence-corrected chi connectivity index (χ2v) is 7.50. The fourth-order valence-electron chi connectivity index (χ4n) is 2.69. The maximum absolute atomic E-state index is 12.1. The number of guanidine groups is 1. The van der Waals surface area contributed by atoms with Gasteiger partial charge in [0.2, 0.25) is 5.91 Å². The Morgan fingerprint density at radius 2 is 2.04 bits per heavy atom. The van der Waals surface area contributed by atoms with Crippen molar-refractivity contribution in [3.63, 3.8) is 0 Å². The molecule has 1 saturated heterocycles. The van der Waals surface area contributed by atoms with Gasteiger partial charge in [-0.1, -0.05) is 13.8 Å². The van der Waals surface area contributed by atoms with E-state index in [-0.39, 0.29) is 5.91 Å². The van der Waals surface area contributed by atoms with Gasteiger partial charge in [-0.05, 0) is 26.7 Å². The molecule has 6 heteroatoms. The van der Waals surface area contributed by atoms with E-state index in [4.69, 9.17) is 4.99 Å². The van der Waals surface area contributed by atoms with Crippen molar-refractivity contribution in [1.29, 1.82) is 0 Å². The van der Waals surface area contributed by atoms with Crippen LogP contribution in [0.15, 0.2) is 4.99 Å². The Bertz CT molecular complexity index is 383. The highest BCUT2D eigenvalue weighted by atomic mass is 32.2. The predicted octanol–water partition coefficient (Wildman–Crippen LogP) is 2.28. The van der Waals surface area contributed by atoms with Gasteiger partial charge < -0.3 is 15.1 Å². The Kier molecular flexibility index (Phi) is 9.44. The molecule has 0 spiro atoms. The van der Waals surface area contributed by atoms with Crippen molar-refractivity contribution >= 4 is 23.6 Å². The molecule has 1 aliphatic heterocycles. The summed E-state index contributed by atoms with van der Waals surface area (Å²) in [7, 11) is 0. The number of nitrogens with one attached hydrogen (secondary N) is 1. The molecule has 5 nitrogen and oxygen atoms in total. The number of amides is 1. The van der Waals surface area contributed by atoms with Crippen LogP contribution in [-0.4, -0.2) is 71.9 Å². The summed E-state index contributed by atoms with van der Waals surface area (Å²) < 4.78 is 0. The monoisotopic (exact) mass is 342 g/mol. The Morgan fingerprint density at radius 1 is 1.35 bits per heavy atom. The van der Waals surface area contributed by atoms with E-state index in [2.05, 4.69) is 42.7 Å². The van der Waals surface area contributed by atoms with Crippen LogP contribution in [-0.2, 0) is 4.79 Å². The molecule has 1 aliphatic rings. The zero-order valence-corrected chi connectivity index (χ0v) is 16.3. The van der Waals surface area contributed by atoms with Gasteiger partial charge in [0.05, 0.1) is 6.54 Å². The molecule has 1 N–H and O–H groups in total. The van der Waals surface area contributed by atoms with Crippen LogP contribution in [0.4, 0.5) is 0 Å². The van der Waals surface area contributed by atoms with Gasteiger partial charge >= 0.3 is 0 Å². The van der Waals surface area contributed by atoms with Gasteiger partial charge in [-0.3, -0.25) is 9.79 Å². The van der Waals surface area contributed by atoms with Crippen LogP contribution in [0.2, 0.25) is 0 Å². The molecule has 0 aromatic carbocycles. The molecule has 1 fully saturated rings. The molecular formula is C17H34N4OS. The summed E-state index contributed by atoms with van der Waals surface area (Å²) in [5.41, 5.74) is 0. The van der Waals surface area contributed by atoms with E-state index < -0.39 is 0 Å². The van der Waals surface area contributed by atoms with Gasteiger partial charge in [-0.15, -0.1) is 0 Å². The largest absolute Gasteiger partial charge is 0.357 e. The van der Waals surface area contributed by atoms with E-state index in [0.29, 0.717) is 24.1 Å². The van der Waals surface area contributed by atoms with Crippen LogP contribution in [0.5, 0.6) is 0 Å². The van der Waals surface area contributed by atoms with Crippen molar-refractivity contribution < 1.29 is 4.79 Å². The maximum atomic E-state index is 12.1. The van der Waals surface area contributed by atoms with E-state index in [0.717, 1.165) is 44.4 Å². The average Bonchev–Trinajstić information content (AvgIpc) is 2.55. The Balaban J connectivity index is 2.60. The summed E-state index contributed by atoms with van der Waals surface area (Å²) in [5, 5.41) is 4.04. The molecule has 1 amide bonds. The number of carbonyl (C=O) groups excluding carboxylic acids is 1. The van der Waals surface area contributed by atoms with Crippen molar-refractivity contribution in [2.45, 2.75) is 46.3 Å². The van der Waals surface area contributed by atoms with Crippen molar-refractivity contribution in [2.24, 2.45) is 10.9 Å². The molecule has 0 aliphatic carbocycles. The average molecular weight is 343 g/mol. The number of carbonyl (C=O) groups is 1. The first-order valence-electron chi connectivity index (χ1n) is 8.96. The lowest BCUT2D eigenvalue weighted by atomic mass is 10.1. The SMILES string of the molecule is CCNC(=NCCC(=O)N(CC)CC)N1CCSC(C(C)C)C1. The van der Waals surface area contributed by atoms with Crippen LogP contribution < -0.4 is 5.32 Å². The molecule has 0 radical (unpaired) electrons. The molecular weight excluding hydrogens is 308 g/mol. The molecule has 134 valence electrons. The summed E-state index contributed by atoms with van der Waals surface area (Å²) >= 11 is 2.06. The molecule has 1 unspecified atom stereocenters. The Hall–Kier alpha value is -0.910. The fourth-order valence-corrected chi connectivity index (χ4v) is 3.99. The van der Waals surface area contributed by atoms with Crippen molar-refractivity contribution in [1.82, 2.24) is 15.1 Å². The molecule has 0 saturated carbocycles. The fraction of sp³-hybridized carbons (Fsp3) is 0.882. The highest BCUT2D eigenvalue weighted by molar-refractivity contribution is 8.00. The molecule has 1 heterocycles. The quantitative estimate of drug-likeness (QED) is 0.570. The van der Waals surface area contributed by atoms with Gasteiger partial charge in [-0.25, -0.2) is 0 Å². The van der Waals surface area contributed by atoms with Crippen LogP contribution >= 0.6 is 11.8 Å². The standard InChI is InChI=1S/C17H34N4OS/c1-6-18-17(19-10-9-16(22)20(7-2)8-3)21-11-12-23-15(13-21)14(4)5/h14-15H,6-13H2,1-5H3,(H,18,19). The second kappa shape index (κ2) is 10.8. The number of aliphatic imine (C=N–C) groups is 1. The highest BCUT2D eigenvalue weighted by Crippen LogP contribution is 2.24. The minimum Gasteiger partial charge on any atom is -0.357 e. The second-order valence-electron chi connectivity index (χ2n) is 6.15. The van der Waals surface area contributed by atoms with Crippen LogP contribution in [0.25, 0.3) is 0 Å². The lowest BCUT2D eigenvalue weighted by molar-refractivity contribution is -0.130. The third-order valence-electron chi connectivity index (χ3n) is 4.17. The highest BCUT2D eigenvalue weighted by Gasteiger charge is 2.24. The lowest BCUT2D eigenvalue weighted by Crippen LogP contribution is -2.49. The molecule has 23 heavy (non-hydrogen) atoms. The number of hydrogen-bond acceptors (Lipinski definition) is 3. The third kappa shape index (κ3) is 6.61. The molecule has 0 bridgehead atoms. The van der Waals surface area contributed by atoms with Crippen LogP contribution in [0, 0.1) is 5.92 Å². The Morgan fingerprint density at radius 3 is 2.61 bits per heavy atom. The summed E-state index contributed by atoms with van der Waals surface area (Å²) in [6.45, 7) is 15.8. The minimum absolute atomic E-state index is 0.198. The number of thioether (sulfide) groups is 1. The zero-order valence-electron chi connectivity index (χ0n) is 15.5. The van der Waals surface area contributed by atoms with Crippen molar-refractivity contribution in [3.05, 3.63) is 0 Å². The summed E-state index contributed by atoms with van der Waals surface area (Å²) in [5.74, 6) is 2.98. The maximum Gasteiger partial charge on any atom is 0.224 e. The summed E-state index contributed by atoms with van der Waals surface area (Å²) in [4.78, 5) is 21.0. The zero-order chi connectivity index (χ0) is 17.2. The number of nitrogens with zero attached hydrogens (tertiary/aromatic N) is 3. The van der Waals surface area contributed by atoms with E-state index in [1.54, 1.807) is 0 Å². The van der Waals surface area contributed by atoms with Crippen molar-refractivity contribution in [2.75, 3.05) is 45.0 Å². The van der Waals surface area contributed by atoms with Crippen LogP contribution in [0.1, 0.15) is 41.0 Å².